The van der Waals surface area contributed by atoms with Crippen LogP contribution in [-0.2, 0) is 6.42 Å². The average Bonchev–Trinajstić information content (AvgIpc) is 3.00. The Hall–Kier alpha value is -3.40. The number of furan rings is 1. The van der Waals surface area contributed by atoms with E-state index in [9.17, 15) is 9.18 Å². The summed E-state index contributed by atoms with van der Waals surface area (Å²) in [4.78, 5) is 12.8. The molecule has 0 saturated carbocycles. The van der Waals surface area contributed by atoms with Gasteiger partial charge in [0.2, 0.25) is 0 Å². The van der Waals surface area contributed by atoms with Crippen molar-refractivity contribution in [3.63, 3.8) is 0 Å². The van der Waals surface area contributed by atoms with Gasteiger partial charge in [-0.3, -0.25) is 4.79 Å². The van der Waals surface area contributed by atoms with Gasteiger partial charge in [0.15, 0.2) is 5.76 Å². The van der Waals surface area contributed by atoms with Crippen LogP contribution in [0.3, 0.4) is 0 Å². The molecule has 0 aliphatic carbocycles. The third kappa shape index (κ3) is 3.47. The second-order valence-electron chi connectivity index (χ2n) is 6.47. The molecule has 27 heavy (non-hydrogen) atoms. The molecule has 0 spiro atoms. The van der Waals surface area contributed by atoms with Crippen LogP contribution in [0.15, 0.2) is 77.2 Å². The van der Waals surface area contributed by atoms with Crippen molar-refractivity contribution in [2.75, 3.05) is 5.32 Å². The van der Waals surface area contributed by atoms with Crippen molar-refractivity contribution < 1.29 is 13.6 Å². The Kier molecular flexibility index (Phi) is 4.47. The van der Waals surface area contributed by atoms with E-state index in [-0.39, 0.29) is 17.5 Å². The average molecular weight is 359 g/mol. The number of rotatable bonds is 4. The molecule has 0 saturated heterocycles. The molecule has 4 heteroatoms. The number of fused-ring (bicyclic) bond motifs is 1. The third-order valence-corrected chi connectivity index (χ3v) is 4.61. The molecule has 0 radical (unpaired) electrons. The highest BCUT2D eigenvalue weighted by Gasteiger charge is 2.19. The number of anilines is 1. The van der Waals surface area contributed by atoms with E-state index in [1.807, 2.05) is 42.5 Å². The minimum atomic E-state index is -0.355. The Morgan fingerprint density at radius 2 is 1.74 bits per heavy atom. The van der Waals surface area contributed by atoms with Gasteiger partial charge >= 0.3 is 0 Å². The third-order valence-electron chi connectivity index (χ3n) is 4.61. The topological polar surface area (TPSA) is 42.2 Å². The van der Waals surface area contributed by atoms with Crippen LogP contribution in [-0.4, -0.2) is 5.91 Å². The number of aryl methyl sites for hydroxylation is 1. The van der Waals surface area contributed by atoms with Crippen molar-refractivity contribution in [2.24, 2.45) is 0 Å². The van der Waals surface area contributed by atoms with Crippen LogP contribution in [0.5, 0.6) is 0 Å². The second kappa shape index (κ2) is 7.08. The highest BCUT2D eigenvalue weighted by atomic mass is 19.1. The zero-order chi connectivity index (χ0) is 18.8. The molecule has 3 nitrogen and oxygen atoms in total. The maximum absolute atomic E-state index is 13.5. The number of hydrogen-bond donors (Lipinski definition) is 1. The van der Waals surface area contributed by atoms with Gasteiger partial charge < -0.3 is 9.73 Å². The molecule has 4 aromatic rings. The predicted octanol–water partition coefficient (Wildman–Crippen LogP) is 5.72. The van der Waals surface area contributed by atoms with Gasteiger partial charge in [-0.15, -0.1) is 0 Å². The molecule has 0 fully saturated rings. The molecule has 1 amide bonds. The minimum Gasteiger partial charge on any atom is -0.451 e. The molecule has 0 unspecified atom stereocenters. The Bertz CT molecular complexity index is 1120. The van der Waals surface area contributed by atoms with Gasteiger partial charge in [-0.2, -0.15) is 0 Å². The molecule has 0 bridgehead atoms. The van der Waals surface area contributed by atoms with Gasteiger partial charge in [0.1, 0.15) is 11.4 Å². The Labute approximate surface area is 156 Å². The first-order valence-corrected chi connectivity index (χ1v) is 8.73. The Morgan fingerprint density at radius 3 is 2.56 bits per heavy atom. The summed E-state index contributed by atoms with van der Waals surface area (Å²) in [5.74, 6) is -0.499. The lowest BCUT2D eigenvalue weighted by Crippen LogP contribution is -2.13. The first kappa shape index (κ1) is 17.0. The minimum absolute atomic E-state index is 0.199. The number of carbonyl (C=O) groups excluding carboxylic acids is 1. The highest BCUT2D eigenvalue weighted by molar-refractivity contribution is 6.06. The summed E-state index contributed by atoms with van der Waals surface area (Å²) >= 11 is 0. The lowest BCUT2D eigenvalue weighted by Gasteiger charge is -2.10. The van der Waals surface area contributed by atoms with Gasteiger partial charge in [0.05, 0.1) is 0 Å². The number of para-hydroxylation sites is 1. The fraction of sp³-hybridized carbons (Fsp3) is 0.0870. The maximum atomic E-state index is 13.5. The fourth-order valence-corrected chi connectivity index (χ4v) is 3.20. The normalized spacial score (nSPS) is 10.9. The predicted molar refractivity (Wildman–Crippen MR) is 105 cm³/mol. The zero-order valence-electron chi connectivity index (χ0n) is 14.8. The molecule has 3 aromatic carbocycles. The summed E-state index contributed by atoms with van der Waals surface area (Å²) in [6.45, 7) is 1.76. The van der Waals surface area contributed by atoms with Gasteiger partial charge in [-0.1, -0.05) is 48.5 Å². The van der Waals surface area contributed by atoms with Crippen LogP contribution < -0.4 is 5.32 Å². The maximum Gasteiger partial charge on any atom is 0.291 e. The number of carbonyl (C=O) groups is 1. The quantitative estimate of drug-likeness (QED) is 0.506. The SMILES string of the molecule is Cc1c(C(=O)Nc2ccccc2Cc2ccccc2)oc2ccc(F)cc12. The lowest BCUT2D eigenvalue weighted by atomic mass is 10.0. The van der Waals surface area contributed by atoms with Crippen molar-refractivity contribution in [2.45, 2.75) is 13.3 Å². The number of amides is 1. The van der Waals surface area contributed by atoms with E-state index in [4.69, 9.17) is 4.42 Å². The smallest absolute Gasteiger partial charge is 0.291 e. The molecular weight excluding hydrogens is 341 g/mol. The fourth-order valence-electron chi connectivity index (χ4n) is 3.20. The summed E-state index contributed by atoms with van der Waals surface area (Å²) in [6, 6.07) is 22.0. The monoisotopic (exact) mass is 359 g/mol. The summed E-state index contributed by atoms with van der Waals surface area (Å²) in [6.07, 6.45) is 0.710. The van der Waals surface area contributed by atoms with Crippen LogP contribution in [0.4, 0.5) is 10.1 Å². The lowest BCUT2D eigenvalue weighted by molar-refractivity contribution is 0.0998. The first-order valence-electron chi connectivity index (χ1n) is 8.73. The van der Waals surface area contributed by atoms with Crippen molar-refractivity contribution in [1.29, 1.82) is 0 Å². The van der Waals surface area contributed by atoms with E-state index < -0.39 is 0 Å². The van der Waals surface area contributed by atoms with E-state index in [0.29, 0.717) is 23.0 Å². The van der Waals surface area contributed by atoms with E-state index >= 15 is 0 Å². The van der Waals surface area contributed by atoms with Crippen molar-refractivity contribution >= 4 is 22.6 Å². The summed E-state index contributed by atoms with van der Waals surface area (Å²) in [7, 11) is 0. The van der Waals surface area contributed by atoms with E-state index in [1.54, 1.807) is 6.92 Å². The molecule has 0 aliphatic rings. The van der Waals surface area contributed by atoms with E-state index in [1.165, 1.54) is 18.2 Å². The standard InChI is InChI=1S/C23H18FNO2/c1-15-19-14-18(24)11-12-21(19)27-22(15)23(26)25-20-10-6-5-9-17(20)13-16-7-3-2-4-8-16/h2-12,14H,13H2,1H3,(H,25,26). The highest BCUT2D eigenvalue weighted by Crippen LogP contribution is 2.27. The van der Waals surface area contributed by atoms with Crippen LogP contribution in [0, 0.1) is 12.7 Å². The van der Waals surface area contributed by atoms with Crippen molar-refractivity contribution in [1.82, 2.24) is 0 Å². The van der Waals surface area contributed by atoms with Crippen LogP contribution in [0.1, 0.15) is 27.2 Å². The molecule has 0 atom stereocenters. The summed E-state index contributed by atoms with van der Waals surface area (Å²) in [5, 5.41) is 3.55. The molecular formula is C23H18FNO2. The molecule has 134 valence electrons. The molecule has 1 heterocycles. The van der Waals surface area contributed by atoms with Crippen LogP contribution >= 0.6 is 0 Å². The molecule has 4 rings (SSSR count). The Balaban J connectivity index is 1.63. The van der Waals surface area contributed by atoms with Crippen LogP contribution in [0.2, 0.25) is 0 Å². The summed E-state index contributed by atoms with van der Waals surface area (Å²) in [5.41, 5.74) is 4.03. The van der Waals surface area contributed by atoms with Crippen molar-refractivity contribution in [3.05, 3.63) is 101 Å². The second-order valence-corrected chi connectivity index (χ2v) is 6.47. The largest absolute Gasteiger partial charge is 0.451 e. The first-order chi connectivity index (χ1) is 13.1. The number of hydrogen-bond acceptors (Lipinski definition) is 2. The van der Waals surface area contributed by atoms with Gasteiger partial charge in [0.25, 0.3) is 5.91 Å². The number of halogens is 1. The van der Waals surface area contributed by atoms with Crippen molar-refractivity contribution in [3.8, 4) is 0 Å². The van der Waals surface area contributed by atoms with E-state index in [2.05, 4.69) is 17.4 Å². The van der Waals surface area contributed by atoms with Gasteiger partial charge in [0, 0.05) is 16.6 Å². The van der Waals surface area contributed by atoms with E-state index in [0.717, 1.165) is 16.8 Å². The van der Waals surface area contributed by atoms with Crippen LogP contribution in [0.25, 0.3) is 11.0 Å². The number of benzene rings is 3. The van der Waals surface area contributed by atoms with Gasteiger partial charge in [-0.25, -0.2) is 4.39 Å². The Morgan fingerprint density at radius 1 is 1.00 bits per heavy atom. The zero-order valence-corrected chi connectivity index (χ0v) is 14.8. The summed E-state index contributed by atoms with van der Waals surface area (Å²) < 4.78 is 19.2. The molecule has 1 N–H and O–H groups in total. The van der Waals surface area contributed by atoms with Gasteiger partial charge in [-0.05, 0) is 48.7 Å². The number of nitrogens with one attached hydrogen (secondary N) is 1. The molecule has 1 aromatic heterocycles. The molecule has 0 aliphatic heterocycles.